The first kappa shape index (κ1) is 25.8. The Morgan fingerprint density at radius 1 is 1.06 bits per heavy atom. The third-order valence-corrected chi connectivity index (χ3v) is 5.96. The zero-order valence-corrected chi connectivity index (χ0v) is 21.2. The van der Waals surface area contributed by atoms with Gasteiger partial charge >= 0.3 is 18.0 Å². The molecule has 1 aliphatic heterocycles. The monoisotopic (exact) mass is 478 g/mol. The number of hydrogen-bond donors (Lipinski definition) is 3. The Bertz CT molecular complexity index is 1140. The molecule has 1 heterocycles. The van der Waals surface area contributed by atoms with Gasteiger partial charge in [-0.2, -0.15) is 0 Å². The van der Waals surface area contributed by atoms with Gasteiger partial charge in [-0.1, -0.05) is 31.2 Å². The molecule has 0 fully saturated rings. The first-order valence-electron chi connectivity index (χ1n) is 11.9. The molecule has 2 aromatic carbocycles. The summed E-state index contributed by atoms with van der Waals surface area (Å²) in [6.45, 7) is 11.8. The minimum Gasteiger partial charge on any atom is -0.459 e. The zero-order chi connectivity index (χ0) is 25.7. The Morgan fingerprint density at radius 2 is 1.74 bits per heavy atom. The van der Waals surface area contributed by atoms with Crippen molar-refractivity contribution in [1.82, 2.24) is 10.2 Å². The number of hydrogen-bond acceptors (Lipinski definition) is 4. The number of rotatable bonds is 7. The van der Waals surface area contributed by atoms with E-state index < -0.39 is 12.0 Å². The Labute approximate surface area is 206 Å². The van der Waals surface area contributed by atoms with Crippen LogP contribution in [0.4, 0.5) is 21.0 Å². The summed E-state index contributed by atoms with van der Waals surface area (Å²) in [5.74, 6) is -0.460. The van der Waals surface area contributed by atoms with Crippen molar-refractivity contribution in [2.45, 2.75) is 60.1 Å². The second-order valence-corrected chi connectivity index (χ2v) is 8.94. The van der Waals surface area contributed by atoms with E-state index in [1.807, 2.05) is 39.0 Å². The lowest BCUT2D eigenvalue weighted by molar-refractivity contribution is -0.143. The molecule has 35 heavy (non-hydrogen) atoms. The van der Waals surface area contributed by atoms with Crippen molar-refractivity contribution in [3.8, 4) is 0 Å². The minimum absolute atomic E-state index is 0.259. The van der Waals surface area contributed by atoms with E-state index in [0.717, 1.165) is 23.2 Å². The molecule has 0 radical (unpaired) electrons. The number of nitrogens with zero attached hydrogens (tertiary/aromatic N) is 1. The lowest BCUT2D eigenvalue weighted by Crippen LogP contribution is -2.48. The lowest BCUT2D eigenvalue weighted by atomic mass is 9.94. The summed E-state index contributed by atoms with van der Waals surface area (Å²) < 4.78 is 5.48. The average molecular weight is 479 g/mol. The molecule has 1 atom stereocenters. The van der Waals surface area contributed by atoms with E-state index in [-0.39, 0.29) is 18.2 Å². The molecule has 8 heteroatoms. The molecule has 0 bridgehead atoms. The lowest BCUT2D eigenvalue weighted by Gasteiger charge is -2.35. The van der Waals surface area contributed by atoms with Crippen LogP contribution in [0.25, 0.3) is 0 Å². The number of nitrogens with one attached hydrogen (secondary N) is 3. The molecule has 0 saturated heterocycles. The summed E-state index contributed by atoms with van der Waals surface area (Å²) in [5, 5.41) is 8.62. The van der Waals surface area contributed by atoms with Crippen molar-refractivity contribution in [2.24, 2.45) is 0 Å². The van der Waals surface area contributed by atoms with Crippen LogP contribution in [0, 0.1) is 13.8 Å². The topological polar surface area (TPSA) is 99.8 Å². The summed E-state index contributed by atoms with van der Waals surface area (Å²) in [4.78, 5) is 39.8. The van der Waals surface area contributed by atoms with Crippen molar-refractivity contribution in [3.05, 3.63) is 70.4 Å². The van der Waals surface area contributed by atoms with Gasteiger partial charge in [0.25, 0.3) is 0 Å². The SMILES string of the molecule is CCCN1C(=O)NC(c2ccc(NC(=O)Nc3cccc(C)c3C)cc2)C(C(=O)OC(C)C)=C1C. The average Bonchev–Trinajstić information content (AvgIpc) is 2.79. The predicted octanol–water partition coefficient (Wildman–Crippen LogP) is 5.65. The normalized spacial score (nSPS) is 15.7. The van der Waals surface area contributed by atoms with Gasteiger partial charge in [-0.15, -0.1) is 0 Å². The number of allylic oxidation sites excluding steroid dienone is 1. The maximum atomic E-state index is 13.0. The second kappa shape index (κ2) is 11.1. The van der Waals surface area contributed by atoms with E-state index in [9.17, 15) is 14.4 Å². The molecule has 1 unspecified atom stereocenters. The van der Waals surface area contributed by atoms with Crippen LogP contribution in [-0.4, -0.2) is 35.6 Å². The van der Waals surface area contributed by atoms with E-state index >= 15 is 0 Å². The van der Waals surface area contributed by atoms with Gasteiger partial charge < -0.3 is 20.7 Å². The second-order valence-electron chi connectivity index (χ2n) is 8.94. The van der Waals surface area contributed by atoms with Crippen LogP contribution < -0.4 is 16.0 Å². The van der Waals surface area contributed by atoms with E-state index in [4.69, 9.17) is 4.74 Å². The number of carbonyl (C=O) groups is 3. The van der Waals surface area contributed by atoms with Gasteiger partial charge in [0.1, 0.15) is 0 Å². The third-order valence-electron chi connectivity index (χ3n) is 5.96. The molecule has 186 valence electrons. The molecule has 0 aliphatic carbocycles. The number of ether oxygens (including phenoxy) is 1. The van der Waals surface area contributed by atoms with Gasteiger partial charge in [-0.05, 0) is 75.9 Å². The van der Waals surface area contributed by atoms with E-state index in [1.54, 1.807) is 49.9 Å². The van der Waals surface area contributed by atoms with Gasteiger partial charge in [0, 0.05) is 23.6 Å². The van der Waals surface area contributed by atoms with Crippen LogP contribution in [0.15, 0.2) is 53.7 Å². The first-order valence-corrected chi connectivity index (χ1v) is 11.9. The molecule has 0 saturated carbocycles. The van der Waals surface area contributed by atoms with Crippen LogP contribution in [0.3, 0.4) is 0 Å². The third kappa shape index (κ3) is 6.01. The Hall–Kier alpha value is -3.81. The molecule has 1 aliphatic rings. The molecular formula is C27H34N4O4. The van der Waals surface area contributed by atoms with E-state index in [1.165, 1.54) is 0 Å². The quantitative estimate of drug-likeness (QED) is 0.448. The number of benzene rings is 2. The number of anilines is 2. The van der Waals surface area contributed by atoms with Gasteiger partial charge in [0.2, 0.25) is 0 Å². The maximum Gasteiger partial charge on any atom is 0.338 e. The highest BCUT2D eigenvalue weighted by Gasteiger charge is 2.36. The molecule has 0 aromatic heterocycles. The first-order chi connectivity index (χ1) is 16.6. The van der Waals surface area contributed by atoms with E-state index in [0.29, 0.717) is 29.1 Å². The number of urea groups is 2. The maximum absolute atomic E-state index is 13.0. The summed E-state index contributed by atoms with van der Waals surface area (Å²) in [7, 11) is 0. The minimum atomic E-state index is -0.653. The number of esters is 1. The zero-order valence-electron chi connectivity index (χ0n) is 21.2. The Balaban J connectivity index is 1.81. The van der Waals surface area contributed by atoms with Crippen LogP contribution >= 0.6 is 0 Å². The standard InChI is InChI=1S/C27H34N4O4/c1-7-15-31-19(6)23(25(32)35-16(2)3)24(30-27(31)34)20-11-13-21(14-12-20)28-26(33)29-22-10-8-9-17(4)18(22)5/h8-14,16,24H,7,15H2,1-6H3,(H,30,34)(H2,28,29,33). The largest absolute Gasteiger partial charge is 0.459 e. The molecule has 4 amide bonds. The Morgan fingerprint density at radius 3 is 2.37 bits per heavy atom. The Kier molecular flexibility index (Phi) is 8.17. The highest BCUT2D eigenvalue weighted by atomic mass is 16.5. The van der Waals surface area contributed by atoms with Gasteiger partial charge in [0.05, 0.1) is 17.7 Å². The van der Waals surface area contributed by atoms with Crippen LogP contribution in [0.5, 0.6) is 0 Å². The van der Waals surface area contributed by atoms with Gasteiger partial charge in [-0.3, -0.25) is 4.90 Å². The van der Waals surface area contributed by atoms with Crippen LogP contribution in [0.1, 0.15) is 56.8 Å². The van der Waals surface area contributed by atoms with Crippen molar-refractivity contribution < 1.29 is 19.1 Å². The molecule has 3 N–H and O–H groups in total. The highest BCUT2D eigenvalue weighted by Crippen LogP contribution is 2.32. The van der Waals surface area contributed by atoms with Crippen molar-refractivity contribution in [2.75, 3.05) is 17.2 Å². The molecule has 2 aromatic rings. The van der Waals surface area contributed by atoms with Crippen LogP contribution in [0.2, 0.25) is 0 Å². The highest BCUT2D eigenvalue weighted by molar-refractivity contribution is 6.00. The van der Waals surface area contributed by atoms with Crippen molar-refractivity contribution in [3.63, 3.8) is 0 Å². The van der Waals surface area contributed by atoms with Crippen LogP contribution in [-0.2, 0) is 9.53 Å². The fourth-order valence-corrected chi connectivity index (χ4v) is 4.00. The molecule has 3 rings (SSSR count). The summed E-state index contributed by atoms with van der Waals surface area (Å²) in [5.41, 5.74) is 5.12. The fourth-order valence-electron chi connectivity index (χ4n) is 4.00. The molecule has 8 nitrogen and oxygen atoms in total. The summed E-state index contributed by atoms with van der Waals surface area (Å²) in [6.07, 6.45) is 0.467. The smallest absolute Gasteiger partial charge is 0.338 e. The van der Waals surface area contributed by atoms with Gasteiger partial charge in [-0.25, -0.2) is 14.4 Å². The summed E-state index contributed by atoms with van der Waals surface area (Å²) >= 11 is 0. The van der Waals surface area contributed by atoms with Crippen molar-refractivity contribution >= 4 is 29.4 Å². The molecule has 0 spiro atoms. The fraction of sp³-hybridized carbons (Fsp3) is 0.370. The molecular weight excluding hydrogens is 444 g/mol. The van der Waals surface area contributed by atoms with E-state index in [2.05, 4.69) is 16.0 Å². The number of amides is 4. The van der Waals surface area contributed by atoms with Crippen molar-refractivity contribution in [1.29, 1.82) is 0 Å². The van der Waals surface area contributed by atoms with Gasteiger partial charge in [0.15, 0.2) is 0 Å². The predicted molar refractivity (Wildman–Crippen MR) is 137 cm³/mol. The summed E-state index contributed by atoms with van der Waals surface area (Å²) in [6, 6.07) is 11.5. The number of aryl methyl sites for hydroxylation is 1. The number of carbonyl (C=O) groups excluding carboxylic acids is 3.